The van der Waals surface area contributed by atoms with Crippen LogP contribution in [0, 0.1) is 0 Å². The van der Waals surface area contributed by atoms with Gasteiger partial charge in [0, 0.05) is 11.3 Å². The van der Waals surface area contributed by atoms with Crippen molar-refractivity contribution < 1.29 is 27.5 Å². The van der Waals surface area contributed by atoms with Crippen LogP contribution in [-0.4, -0.2) is 36.0 Å². The average Bonchev–Trinajstić information content (AvgIpc) is 3.08. The van der Waals surface area contributed by atoms with Crippen LogP contribution in [0.25, 0.3) is 11.1 Å². The Hall–Kier alpha value is -4.43. The normalized spacial score (nSPS) is 15.0. The smallest absolute Gasteiger partial charge is 0.416 e. The quantitative estimate of drug-likeness (QED) is 0.178. The molecule has 5 rings (SSSR count). The monoisotopic (exact) mass is 628 g/mol. The zero-order chi connectivity index (χ0) is 32.7. The summed E-state index contributed by atoms with van der Waals surface area (Å²) in [7, 11) is 0. The Morgan fingerprint density at radius 3 is 2.04 bits per heavy atom. The van der Waals surface area contributed by atoms with Gasteiger partial charge in [0.2, 0.25) is 0 Å². The maximum absolute atomic E-state index is 13.4. The molecule has 1 amide bonds. The second kappa shape index (κ2) is 14.8. The highest BCUT2D eigenvalue weighted by molar-refractivity contribution is 6.08. The van der Waals surface area contributed by atoms with Gasteiger partial charge in [-0.25, -0.2) is 4.79 Å². The lowest BCUT2D eigenvalue weighted by atomic mass is 9.88. The summed E-state index contributed by atoms with van der Waals surface area (Å²) in [5.41, 5.74) is 3.44. The Balaban J connectivity index is 1.23. The van der Waals surface area contributed by atoms with E-state index in [0.29, 0.717) is 28.3 Å². The Bertz CT molecular complexity index is 1590. The van der Waals surface area contributed by atoms with Crippen molar-refractivity contribution in [3.63, 3.8) is 0 Å². The van der Waals surface area contributed by atoms with E-state index in [1.807, 2.05) is 68.4 Å². The van der Waals surface area contributed by atoms with Crippen LogP contribution in [0.15, 0.2) is 103 Å². The third-order valence-corrected chi connectivity index (χ3v) is 8.76. The summed E-state index contributed by atoms with van der Waals surface area (Å²) >= 11 is 0. The van der Waals surface area contributed by atoms with E-state index >= 15 is 0 Å². The topological polar surface area (TPSA) is 58.6 Å². The van der Waals surface area contributed by atoms with Crippen molar-refractivity contribution in [1.29, 1.82) is 0 Å². The minimum Gasteiger partial charge on any atom is -0.461 e. The Labute approximate surface area is 268 Å². The Morgan fingerprint density at radius 1 is 0.826 bits per heavy atom. The number of ether oxygens (including phenoxy) is 1. The number of hydrogen-bond acceptors (Lipinski definition) is 4. The zero-order valence-electron chi connectivity index (χ0n) is 26.1. The second-order valence-corrected chi connectivity index (χ2v) is 11.7. The summed E-state index contributed by atoms with van der Waals surface area (Å²) in [4.78, 5) is 28.8. The zero-order valence-corrected chi connectivity index (χ0v) is 26.1. The number of benzene rings is 4. The van der Waals surface area contributed by atoms with Gasteiger partial charge in [0.05, 0.1) is 5.56 Å². The van der Waals surface area contributed by atoms with Gasteiger partial charge in [-0.2, -0.15) is 13.2 Å². The summed E-state index contributed by atoms with van der Waals surface area (Å²) in [6.07, 6.45) is -1.18. The van der Waals surface area contributed by atoms with Gasteiger partial charge in [0.1, 0.15) is 12.1 Å². The molecule has 1 atom stereocenters. The molecular weight excluding hydrogens is 589 g/mol. The maximum Gasteiger partial charge on any atom is 0.416 e. The molecule has 0 saturated carbocycles. The molecule has 1 N–H and O–H groups in total. The molecule has 4 aromatic carbocycles. The number of carbonyl (C=O) groups excluding carboxylic acids is 2. The Morgan fingerprint density at radius 2 is 1.43 bits per heavy atom. The predicted octanol–water partition coefficient (Wildman–Crippen LogP) is 9.28. The molecule has 0 spiro atoms. The molecule has 1 aliphatic rings. The maximum atomic E-state index is 13.4. The van der Waals surface area contributed by atoms with Gasteiger partial charge in [-0.15, -0.1) is 0 Å². The molecule has 1 fully saturated rings. The van der Waals surface area contributed by atoms with Crippen molar-refractivity contribution in [3.8, 4) is 11.1 Å². The van der Waals surface area contributed by atoms with Crippen molar-refractivity contribution in [2.24, 2.45) is 0 Å². The van der Waals surface area contributed by atoms with Crippen molar-refractivity contribution in [1.82, 2.24) is 4.90 Å². The molecule has 5 nitrogen and oxygen atoms in total. The van der Waals surface area contributed by atoms with Gasteiger partial charge in [-0.3, -0.25) is 9.69 Å². The fourth-order valence-corrected chi connectivity index (χ4v) is 6.12. The van der Waals surface area contributed by atoms with Crippen LogP contribution < -0.4 is 5.32 Å². The van der Waals surface area contributed by atoms with Crippen molar-refractivity contribution in [3.05, 3.63) is 125 Å². The third kappa shape index (κ3) is 7.85. The average molecular weight is 629 g/mol. The molecule has 4 aromatic rings. The minimum absolute atomic E-state index is 0.0893. The number of likely N-dealkylation sites (tertiary alicyclic amines) is 1. The largest absolute Gasteiger partial charge is 0.461 e. The fraction of sp³-hybridized carbons (Fsp3) is 0.316. The number of piperidine rings is 1. The highest BCUT2D eigenvalue weighted by Crippen LogP contribution is 2.35. The van der Waals surface area contributed by atoms with Crippen molar-refractivity contribution in [2.45, 2.75) is 63.8 Å². The molecule has 240 valence electrons. The predicted molar refractivity (Wildman–Crippen MR) is 174 cm³/mol. The lowest BCUT2D eigenvalue weighted by Crippen LogP contribution is -2.41. The first kappa shape index (κ1) is 32.9. The summed E-state index contributed by atoms with van der Waals surface area (Å²) in [5.74, 6) is -0.227. The first-order chi connectivity index (χ1) is 22.2. The number of nitrogens with zero attached hydrogens (tertiary/aromatic N) is 1. The Kier molecular flexibility index (Phi) is 10.6. The van der Waals surface area contributed by atoms with Crippen LogP contribution in [0.4, 0.5) is 18.9 Å². The van der Waals surface area contributed by atoms with Gasteiger partial charge in [0.25, 0.3) is 5.91 Å². The molecule has 0 aliphatic carbocycles. The standard InChI is InChI=1S/C38H39F3N2O3/c1-3-32(4-2)46-37(45)35(29-10-6-5-7-11-29)43-24-22-27(23-25-43)26-16-20-31(21-17-26)42-36(44)34-13-9-8-12-33(34)28-14-18-30(19-15-28)38(39,40)41/h5-21,27,32,35H,3-4,22-25H2,1-2H3,(H,42,44). The molecule has 0 aromatic heterocycles. The fourth-order valence-electron chi connectivity index (χ4n) is 6.12. The van der Waals surface area contributed by atoms with Crippen molar-refractivity contribution >= 4 is 17.6 Å². The van der Waals surface area contributed by atoms with E-state index in [1.165, 1.54) is 17.7 Å². The van der Waals surface area contributed by atoms with E-state index < -0.39 is 17.8 Å². The summed E-state index contributed by atoms with van der Waals surface area (Å²) in [6, 6.07) is 28.9. The molecule has 1 heterocycles. The molecule has 8 heteroatoms. The van der Waals surface area contributed by atoms with Crippen LogP contribution in [0.1, 0.15) is 78.5 Å². The van der Waals surface area contributed by atoms with E-state index in [-0.39, 0.29) is 18.0 Å². The molecule has 1 aliphatic heterocycles. The van der Waals surface area contributed by atoms with Gasteiger partial charge in [0.15, 0.2) is 0 Å². The van der Waals surface area contributed by atoms with Gasteiger partial charge in [-0.05, 0) is 97.3 Å². The van der Waals surface area contributed by atoms with E-state index in [9.17, 15) is 22.8 Å². The number of nitrogens with one attached hydrogen (secondary N) is 1. The van der Waals surface area contributed by atoms with E-state index in [4.69, 9.17) is 4.74 Å². The van der Waals surface area contributed by atoms with Crippen molar-refractivity contribution in [2.75, 3.05) is 18.4 Å². The number of carbonyl (C=O) groups is 2. The van der Waals surface area contributed by atoms with Crippen LogP contribution in [0.3, 0.4) is 0 Å². The number of rotatable bonds is 10. The molecule has 1 saturated heterocycles. The SMILES string of the molecule is CCC(CC)OC(=O)C(c1ccccc1)N1CCC(c2ccc(NC(=O)c3ccccc3-c3ccc(C(F)(F)F)cc3)cc2)CC1. The van der Waals surface area contributed by atoms with Crippen LogP contribution in [0.2, 0.25) is 0 Å². The number of esters is 1. The third-order valence-electron chi connectivity index (χ3n) is 8.76. The molecule has 46 heavy (non-hydrogen) atoms. The van der Waals surface area contributed by atoms with Gasteiger partial charge in [-0.1, -0.05) is 86.6 Å². The molecule has 0 radical (unpaired) electrons. The summed E-state index contributed by atoms with van der Waals surface area (Å²) in [5, 5.41) is 2.93. The van der Waals surface area contributed by atoms with E-state index in [0.717, 1.165) is 56.5 Å². The summed E-state index contributed by atoms with van der Waals surface area (Å²) in [6.45, 7) is 5.57. The van der Waals surface area contributed by atoms with Crippen LogP contribution >= 0.6 is 0 Å². The second-order valence-electron chi connectivity index (χ2n) is 11.7. The minimum atomic E-state index is -4.43. The van der Waals surface area contributed by atoms with Crippen LogP contribution in [0.5, 0.6) is 0 Å². The number of hydrogen-bond donors (Lipinski definition) is 1. The highest BCUT2D eigenvalue weighted by atomic mass is 19.4. The number of anilines is 1. The number of alkyl halides is 3. The molecule has 0 bridgehead atoms. The lowest BCUT2D eigenvalue weighted by molar-refractivity contribution is -0.157. The lowest BCUT2D eigenvalue weighted by Gasteiger charge is -2.37. The molecule has 1 unspecified atom stereocenters. The van der Waals surface area contributed by atoms with E-state index in [1.54, 1.807) is 24.3 Å². The number of halogens is 3. The van der Waals surface area contributed by atoms with Gasteiger partial charge >= 0.3 is 12.1 Å². The first-order valence-electron chi connectivity index (χ1n) is 15.8. The van der Waals surface area contributed by atoms with Crippen LogP contribution in [-0.2, 0) is 15.7 Å². The summed E-state index contributed by atoms with van der Waals surface area (Å²) < 4.78 is 45.0. The number of amides is 1. The van der Waals surface area contributed by atoms with E-state index in [2.05, 4.69) is 10.2 Å². The first-order valence-corrected chi connectivity index (χ1v) is 15.8. The van der Waals surface area contributed by atoms with Gasteiger partial charge < -0.3 is 10.1 Å². The highest BCUT2D eigenvalue weighted by Gasteiger charge is 2.34. The molecular formula is C38H39F3N2O3.